The Bertz CT molecular complexity index is 744. The maximum absolute atomic E-state index is 6.26. The Labute approximate surface area is 172 Å². The van der Waals surface area contributed by atoms with Gasteiger partial charge in [-0.3, -0.25) is 0 Å². The lowest BCUT2D eigenvalue weighted by molar-refractivity contribution is -0.237. The Kier molecular flexibility index (Phi) is 4.94. The molecule has 4 aliphatic rings. The highest BCUT2D eigenvalue weighted by molar-refractivity contribution is 7.98. The van der Waals surface area contributed by atoms with E-state index in [0.29, 0.717) is 18.6 Å². The lowest BCUT2D eigenvalue weighted by atomic mass is 9.55. The highest BCUT2D eigenvalue weighted by Gasteiger charge is 2.65. The van der Waals surface area contributed by atoms with E-state index in [1.165, 1.54) is 36.1 Å². The first kappa shape index (κ1) is 19.2. The van der Waals surface area contributed by atoms with E-state index in [0.717, 1.165) is 37.7 Å². The van der Waals surface area contributed by atoms with Gasteiger partial charge in [-0.15, -0.1) is 11.8 Å². The Morgan fingerprint density at radius 3 is 2.71 bits per heavy atom. The molecule has 0 aromatic heterocycles. The van der Waals surface area contributed by atoms with Crippen LogP contribution in [0.2, 0.25) is 0 Å². The molecule has 1 aromatic rings. The number of hydrogen-bond donors (Lipinski definition) is 0. The second-order valence-electron chi connectivity index (χ2n) is 9.11. The van der Waals surface area contributed by atoms with Gasteiger partial charge in [0.25, 0.3) is 0 Å². The monoisotopic (exact) mass is 404 g/mol. The summed E-state index contributed by atoms with van der Waals surface area (Å²) in [4.78, 5) is 1.23. The summed E-state index contributed by atoms with van der Waals surface area (Å²) in [5.41, 5.74) is 3.22. The van der Waals surface area contributed by atoms with Crippen molar-refractivity contribution in [2.24, 2.45) is 17.3 Å². The first-order valence-electron chi connectivity index (χ1n) is 10.7. The van der Waals surface area contributed by atoms with E-state index in [2.05, 4.69) is 25.3 Å². The number of rotatable bonds is 4. The van der Waals surface area contributed by atoms with Gasteiger partial charge in [-0.2, -0.15) is 0 Å². The number of ether oxygens (including phenoxy) is 4. The molecular formula is C23H32O4S. The van der Waals surface area contributed by atoms with Crippen molar-refractivity contribution >= 4 is 11.8 Å². The van der Waals surface area contributed by atoms with E-state index in [9.17, 15) is 0 Å². The van der Waals surface area contributed by atoms with E-state index in [-0.39, 0.29) is 11.2 Å². The first-order chi connectivity index (χ1) is 13.6. The number of benzene rings is 1. The summed E-state index contributed by atoms with van der Waals surface area (Å²) in [5.74, 6) is 2.80. The molecule has 154 valence electrons. The van der Waals surface area contributed by atoms with Crippen molar-refractivity contribution < 1.29 is 18.9 Å². The molecule has 1 heterocycles. The molecule has 1 spiro atoms. The molecule has 1 aliphatic heterocycles. The van der Waals surface area contributed by atoms with Crippen LogP contribution in [0.4, 0.5) is 0 Å². The first-order valence-corrected chi connectivity index (χ1v) is 11.9. The van der Waals surface area contributed by atoms with Crippen LogP contribution in [0.15, 0.2) is 17.0 Å². The van der Waals surface area contributed by atoms with Gasteiger partial charge < -0.3 is 18.9 Å². The van der Waals surface area contributed by atoms with E-state index in [1.54, 1.807) is 24.4 Å². The van der Waals surface area contributed by atoms with Gasteiger partial charge in [-0.1, -0.05) is 6.92 Å². The van der Waals surface area contributed by atoms with Crippen molar-refractivity contribution in [1.29, 1.82) is 0 Å². The molecule has 1 aromatic carbocycles. The zero-order chi connectivity index (χ0) is 19.4. The fourth-order valence-corrected chi connectivity index (χ4v) is 7.42. The standard InChI is InChI=1S/C23H32O4S/c1-22-8-6-16-17(19(22)7-9-23(22)26-10-11-27-23)5-4-15-12-20(25-14-24-2)21(28-3)13-18(15)16/h12-13,16-17,19H,4-11,14H2,1-3H3. The fraction of sp³-hybridized carbons (Fsp3) is 0.739. The van der Waals surface area contributed by atoms with E-state index < -0.39 is 0 Å². The normalized spacial score (nSPS) is 35.5. The second-order valence-corrected chi connectivity index (χ2v) is 9.96. The van der Waals surface area contributed by atoms with Crippen molar-refractivity contribution in [3.05, 3.63) is 23.3 Å². The van der Waals surface area contributed by atoms with E-state index in [4.69, 9.17) is 18.9 Å². The molecule has 0 bridgehead atoms. The summed E-state index contributed by atoms with van der Waals surface area (Å²) in [5, 5.41) is 0. The van der Waals surface area contributed by atoms with Crippen LogP contribution in [0.3, 0.4) is 0 Å². The van der Waals surface area contributed by atoms with Crippen LogP contribution in [0, 0.1) is 17.3 Å². The summed E-state index contributed by atoms with van der Waals surface area (Å²) < 4.78 is 23.5. The highest BCUT2D eigenvalue weighted by Crippen LogP contribution is 2.66. The van der Waals surface area contributed by atoms with Gasteiger partial charge in [0.2, 0.25) is 0 Å². The summed E-state index contributed by atoms with van der Waals surface area (Å²) in [6.07, 6.45) is 9.32. The zero-order valence-corrected chi connectivity index (χ0v) is 18.1. The molecule has 3 aliphatic carbocycles. The summed E-state index contributed by atoms with van der Waals surface area (Å²) in [6, 6.07) is 4.70. The molecule has 28 heavy (non-hydrogen) atoms. The van der Waals surface area contributed by atoms with Crippen LogP contribution >= 0.6 is 11.8 Å². The predicted octanol–water partition coefficient (Wildman–Crippen LogP) is 4.99. The predicted molar refractivity (Wildman–Crippen MR) is 110 cm³/mol. The third-order valence-corrected chi connectivity index (χ3v) is 8.90. The minimum Gasteiger partial charge on any atom is -0.466 e. The zero-order valence-electron chi connectivity index (χ0n) is 17.3. The topological polar surface area (TPSA) is 36.9 Å². The van der Waals surface area contributed by atoms with Crippen LogP contribution in [-0.2, 0) is 20.6 Å². The SMILES string of the molecule is COCOc1cc2c(cc1SC)C1CCC3(C)C(CCC34OCCO4)C1CC2. The van der Waals surface area contributed by atoms with Crippen molar-refractivity contribution in [3.8, 4) is 5.75 Å². The summed E-state index contributed by atoms with van der Waals surface area (Å²) in [7, 11) is 1.67. The van der Waals surface area contributed by atoms with Crippen molar-refractivity contribution in [2.45, 2.75) is 62.0 Å². The largest absolute Gasteiger partial charge is 0.466 e. The molecule has 4 atom stereocenters. The Morgan fingerprint density at radius 1 is 1.14 bits per heavy atom. The molecule has 2 saturated carbocycles. The number of methoxy groups -OCH3 is 1. The average Bonchev–Trinajstić information content (AvgIpc) is 3.31. The Balaban J connectivity index is 1.46. The number of hydrogen-bond acceptors (Lipinski definition) is 5. The smallest absolute Gasteiger partial charge is 0.188 e. The molecule has 5 rings (SSSR count). The third kappa shape index (κ3) is 2.69. The summed E-state index contributed by atoms with van der Waals surface area (Å²) in [6.45, 7) is 4.29. The lowest BCUT2D eigenvalue weighted by Crippen LogP contribution is -2.51. The van der Waals surface area contributed by atoms with Crippen LogP contribution in [0.5, 0.6) is 5.75 Å². The minimum absolute atomic E-state index is 0.173. The molecule has 5 heteroatoms. The molecule has 0 amide bonds. The van der Waals surface area contributed by atoms with Crippen LogP contribution < -0.4 is 4.74 Å². The minimum atomic E-state index is -0.300. The van der Waals surface area contributed by atoms with Gasteiger partial charge in [-0.25, -0.2) is 0 Å². The molecule has 4 unspecified atom stereocenters. The summed E-state index contributed by atoms with van der Waals surface area (Å²) >= 11 is 1.77. The van der Waals surface area contributed by atoms with Gasteiger partial charge in [0.15, 0.2) is 12.6 Å². The van der Waals surface area contributed by atoms with Gasteiger partial charge in [0.1, 0.15) is 5.75 Å². The second kappa shape index (κ2) is 7.19. The third-order valence-electron chi connectivity index (χ3n) is 8.14. The van der Waals surface area contributed by atoms with Gasteiger partial charge >= 0.3 is 0 Å². The van der Waals surface area contributed by atoms with Crippen molar-refractivity contribution in [2.75, 3.05) is 33.4 Å². The molecule has 4 nitrogen and oxygen atoms in total. The molecule has 0 radical (unpaired) electrons. The lowest BCUT2D eigenvalue weighted by Gasteiger charge is -2.52. The van der Waals surface area contributed by atoms with E-state index >= 15 is 0 Å². The van der Waals surface area contributed by atoms with Gasteiger partial charge in [0, 0.05) is 23.8 Å². The Hall–Kier alpha value is -0.750. The molecule has 3 fully saturated rings. The maximum atomic E-state index is 6.26. The van der Waals surface area contributed by atoms with Crippen molar-refractivity contribution in [1.82, 2.24) is 0 Å². The van der Waals surface area contributed by atoms with Gasteiger partial charge in [-0.05, 0) is 79.4 Å². The maximum Gasteiger partial charge on any atom is 0.188 e. The number of fused-ring (bicyclic) bond motifs is 6. The molecular weight excluding hydrogens is 372 g/mol. The molecule has 0 N–H and O–H groups in total. The number of thioether (sulfide) groups is 1. The van der Waals surface area contributed by atoms with E-state index in [1.807, 2.05) is 0 Å². The van der Waals surface area contributed by atoms with Crippen LogP contribution in [0.1, 0.15) is 56.1 Å². The number of aryl methyl sites for hydroxylation is 1. The molecule has 1 saturated heterocycles. The quantitative estimate of drug-likeness (QED) is 0.522. The average molecular weight is 405 g/mol. The fourth-order valence-electron chi connectivity index (χ4n) is 6.86. The van der Waals surface area contributed by atoms with Crippen molar-refractivity contribution in [3.63, 3.8) is 0 Å². The van der Waals surface area contributed by atoms with Crippen LogP contribution in [0.25, 0.3) is 0 Å². The van der Waals surface area contributed by atoms with Crippen LogP contribution in [-0.4, -0.2) is 39.2 Å². The highest BCUT2D eigenvalue weighted by atomic mass is 32.2. The Morgan fingerprint density at radius 2 is 1.96 bits per heavy atom. The van der Waals surface area contributed by atoms with Gasteiger partial charge in [0.05, 0.1) is 13.2 Å².